The van der Waals surface area contributed by atoms with Gasteiger partial charge >= 0.3 is 0 Å². The van der Waals surface area contributed by atoms with Crippen molar-refractivity contribution in [3.8, 4) is 0 Å². The van der Waals surface area contributed by atoms with Crippen LogP contribution in [0.4, 0.5) is 0 Å². The summed E-state index contributed by atoms with van der Waals surface area (Å²) in [6.45, 7) is 8.10. The Bertz CT molecular complexity index is 369. The lowest BCUT2D eigenvalue weighted by Gasteiger charge is -2.05. The summed E-state index contributed by atoms with van der Waals surface area (Å²) in [6.07, 6.45) is 11.9. The second kappa shape index (κ2) is 11.7. The molecule has 0 unspecified atom stereocenters. The average Bonchev–Trinajstić information content (AvgIpc) is 2.35. The van der Waals surface area contributed by atoms with Gasteiger partial charge in [0.2, 0.25) is 0 Å². The van der Waals surface area contributed by atoms with Crippen LogP contribution in [0.25, 0.3) is 0 Å². The van der Waals surface area contributed by atoms with Gasteiger partial charge in [-0.2, -0.15) is 0 Å². The fraction of sp³-hybridized carbons (Fsp3) is 0.611. The quantitative estimate of drug-likeness (QED) is 0.586. The van der Waals surface area contributed by atoms with Crippen molar-refractivity contribution in [2.75, 3.05) is 6.61 Å². The number of hydrogen-bond donors (Lipinski definition) is 1. The van der Waals surface area contributed by atoms with Gasteiger partial charge in [-0.3, -0.25) is 0 Å². The summed E-state index contributed by atoms with van der Waals surface area (Å²) in [6, 6.07) is 0. The first-order valence-electron chi connectivity index (χ1n) is 7.53. The molecule has 0 aromatic rings. The van der Waals surface area contributed by atoms with Crippen molar-refractivity contribution in [3.05, 3.63) is 34.9 Å². The molecule has 0 aromatic heterocycles. The lowest BCUT2D eigenvalue weighted by molar-refractivity contribution is -0.116. The Morgan fingerprint density at radius 2 is 1.50 bits per heavy atom. The van der Waals surface area contributed by atoms with Crippen LogP contribution in [0.2, 0.25) is 0 Å². The largest absolute Gasteiger partial charge is 0.392 e. The van der Waals surface area contributed by atoms with Crippen LogP contribution in [0, 0.1) is 0 Å². The van der Waals surface area contributed by atoms with E-state index in [9.17, 15) is 4.79 Å². The van der Waals surface area contributed by atoms with Crippen LogP contribution in [-0.4, -0.2) is 17.5 Å². The molecule has 0 heterocycles. The predicted molar refractivity (Wildman–Crippen MR) is 86.7 cm³/mol. The maximum atomic E-state index is 11.0. The van der Waals surface area contributed by atoms with Gasteiger partial charge in [-0.15, -0.1) is 0 Å². The number of ketones is 1. The van der Waals surface area contributed by atoms with Gasteiger partial charge < -0.3 is 9.90 Å². The molecule has 0 aliphatic rings. The molecule has 0 aromatic carbocycles. The smallest absolute Gasteiger partial charge is 0.130 e. The fourth-order valence-corrected chi connectivity index (χ4v) is 1.99. The highest BCUT2D eigenvalue weighted by Crippen LogP contribution is 2.15. The lowest BCUT2D eigenvalue weighted by Crippen LogP contribution is -1.94. The summed E-state index contributed by atoms with van der Waals surface area (Å²) >= 11 is 0. The summed E-state index contributed by atoms with van der Waals surface area (Å²) in [5.74, 6) is 0.210. The molecule has 2 heteroatoms. The van der Waals surface area contributed by atoms with E-state index in [1.165, 1.54) is 16.7 Å². The number of hydrogen-bond acceptors (Lipinski definition) is 2. The third kappa shape index (κ3) is 11.9. The van der Waals surface area contributed by atoms with Crippen LogP contribution in [0.3, 0.4) is 0 Å². The molecule has 2 nitrogen and oxygen atoms in total. The van der Waals surface area contributed by atoms with E-state index < -0.39 is 0 Å². The van der Waals surface area contributed by atoms with Crippen molar-refractivity contribution in [2.24, 2.45) is 0 Å². The minimum absolute atomic E-state index is 0.0660. The number of carbonyl (C=O) groups is 1. The van der Waals surface area contributed by atoms with E-state index in [-0.39, 0.29) is 12.4 Å². The lowest BCUT2D eigenvalue weighted by atomic mass is 10.0. The molecule has 1 N–H and O–H groups in total. The second-order valence-corrected chi connectivity index (χ2v) is 5.66. The van der Waals surface area contributed by atoms with Crippen molar-refractivity contribution >= 4 is 5.78 Å². The van der Waals surface area contributed by atoms with Crippen LogP contribution in [0.15, 0.2) is 34.9 Å². The molecule has 0 spiro atoms. The van der Waals surface area contributed by atoms with Gasteiger partial charge in [0.05, 0.1) is 6.61 Å². The average molecular weight is 278 g/mol. The summed E-state index contributed by atoms with van der Waals surface area (Å²) in [5, 5.41) is 9.00. The zero-order valence-corrected chi connectivity index (χ0v) is 13.5. The highest BCUT2D eigenvalue weighted by atomic mass is 16.2. The first-order chi connectivity index (χ1) is 9.45. The summed E-state index contributed by atoms with van der Waals surface area (Å²) in [7, 11) is 0. The van der Waals surface area contributed by atoms with Gasteiger partial charge in [0.25, 0.3) is 0 Å². The monoisotopic (exact) mass is 278 g/mol. The Morgan fingerprint density at radius 3 is 2.05 bits per heavy atom. The van der Waals surface area contributed by atoms with E-state index in [1.54, 1.807) is 6.92 Å². The van der Waals surface area contributed by atoms with Crippen molar-refractivity contribution in [2.45, 2.75) is 66.2 Å². The molecule has 0 rings (SSSR count). The van der Waals surface area contributed by atoms with Crippen LogP contribution in [0.5, 0.6) is 0 Å². The number of allylic oxidation sites excluding steroid dienone is 5. The summed E-state index contributed by atoms with van der Waals surface area (Å²) in [4.78, 5) is 11.0. The minimum Gasteiger partial charge on any atom is -0.392 e. The number of rotatable bonds is 10. The molecule has 0 atom stereocenters. The molecule has 0 aliphatic carbocycles. The molecule has 114 valence electrons. The van der Waals surface area contributed by atoms with E-state index in [0.29, 0.717) is 6.42 Å². The Morgan fingerprint density at radius 1 is 0.850 bits per heavy atom. The van der Waals surface area contributed by atoms with Gasteiger partial charge in [-0.1, -0.05) is 34.9 Å². The third-order valence-corrected chi connectivity index (χ3v) is 3.23. The van der Waals surface area contributed by atoms with Gasteiger partial charge in [0, 0.05) is 6.42 Å². The van der Waals surface area contributed by atoms with Crippen molar-refractivity contribution in [3.63, 3.8) is 0 Å². The maximum absolute atomic E-state index is 11.0. The number of carbonyl (C=O) groups excluding carboxylic acids is 1. The number of aliphatic hydroxyl groups excluding tert-OH is 1. The fourth-order valence-electron chi connectivity index (χ4n) is 1.99. The van der Waals surface area contributed by atoms with Crippen molar-refractivity contribution < 1.29 is 9.90 Å². The van der Waals surface area contributed by atoms with Gasteiger partial charge in [0.15, 0.2) is 0 Å². The molecule has 0 aliphatic heterocycles. The molecule has 0 amide bonds. The Hall–Kier alpha value is -1.15. The normalized spacial score (nSPS) is 12.4. The molecular formula is C18H30O2. The minimum atomic E-state index is 0.0660. The zero-order chi connectivity index (χ0) is 15.4. The molecule has 0 bridgehead atoms. The molecule has 20 heavy (non-hydrogen) atoms. The Labute approximate surface area is 124 Å². The van der Waals surface area contributed by atoms with Crippen LogP contribution >= 0.6 is 0 Å². The molecule has 0 saturated carbocycles. The van der Waals surface area contributed by atoms with E-state index in [1.807, 2.05) is 6.08 Å². The second-order valence-electron chi connectivity index (χ2n) is 5.66. The third-order valence-electron chi connectivity index (χ3n) is 3.23. The number of aliphatic hydroxyl groups is 1. The highest BCUT2D eigenvalue weighted by Gasteiger charge is 2.00. The molecule has 0 saturated heterocycles. The Balaban J connectivity index is 4.11. The molecular weight excluding hydrogens is 248 g/mol. The van der Waals surface area contributed by atoms with E-state index in [0.717, 1.165) is 32.1 Å². The van der Waals surface area contributed by atoms with Gasteiger partial charge in [-0.05, 0) is 59.8 Å². The van der Waals surface area contributed by atoms with Crippen LogP contribution < -0.4 is 0 Å². The topological polar surface area (TPSA) is 37.3 Å². The number of Topliss-reactive ketones (excluding diaryl/α,β-unsaturated/α-hetero) is 1. The van der Waals surface area contributed by atoms with Crippen LogP contribution in [0.1, 0.15) is 66.2 Å². The molecule has 0 radical (unpaired) electrons. The predicted octanol–water partition coefficient (Wildman–Crippen LogP) is 4.75. The van der Waals surface area contributed by atoms with E-state index in [2.05, 4.69) is 32.9 Å². The highest BCUT2D eigenvalue weighted by molar-refractivity contribution is 5.75. The SMILES string of the molecule is CC(=O)CCC(=CCO)CC/C=C(\C)CCC=C(C)C. The summed E-state index contributed by atoms with van der Waals surface area (Å²) in [5.41, 5.74) is 3.98. The Kier molecular flexibility index (Phi) is 11.0. The standard InChI is InChI=1S/C18H30O2/c1-15(2)7-5-8-16(3)9-6-10-18(13-14-19)12-11-17(4)20/h7,9,13,19H,5-6,8,10-12,14H2,1-4H3/b16-9+,18-13?. The van der Waals surface area contributed by atoms with E-state index in [4.69, 9.17) is 5.11 Å². The zero-order valence-electron chi connectivity index (χ0n) is 13.5. The van der Waals surface area contributed by atoms with Gasteiger partial charge in [-0.25, -0.2) is 0 Å². The molecule has 0 fully saturated rings. The maximum Gasteiger partial charge on any atom is 0.130 e. The first kappa shape index (κ1) is 18.9. The van der Waals surface area contributed by atoms with E-state index >= 15 is 0 Å². The van der Waals surface area contributed by atoms with Crippen molar-refractivity contribution in [1.82, 2.24) is 0 Å². The summed E-state index contributed by atoms with van der Waals surface area (Å²) < 4.78 is 0. The van der Waals surface area contributed by atoms with Gasteiger partial charge in [0.1, 0.15) is 5.78 Å². The first-order valence-corrected chi connectivity index (χ1v) is 7.53. The van der Waals surface area contributed by atoms with Crippen molar-refractivity contribution in [1.29, 1.82) is 0 Å². The van der Waals surface area contributed by atoms with Crippen LogP contribution in [-0.2, 0) is 4.79 Å².